The summed E-state index contributed by atoms with van der Waals surface area (Å²) in [6.07, 6.45) is 3.15. The highest BCUT2D eigenvalue weighted by Gasteiger charge is 2.24. The molecule has 0 amide bonds. The molecule has 0 saturated carbocycles. The minimum absolute atomic E-state index is 0.0221. The molecule has 0 unspecified atom stereocenters. The van der Waals surface area contributed by atoms with Crippen LogP contribution in [-0.4, -0.2) is 62.4 Å². The van der Waals surface area contributed by atoms with E-state index in [4.69, 9.17) is 4.74 Å². The van der Waals surface area contributed by atoms with Gasteiger partial charge in [0.25, 0.3) is 5.69 Å². The van der Waals surface area contributed by atoms with E-state index < -0.39 is 11.0 Å². The lowest BCUT2D eigenvalue weighted by Gasteiger charge is -2.36. The van der Waals surface area contributed by atoms with Gasteiger partial charge in [0.15, 0.2) is 0 Å². The number of aliphatic hydroxyl groups is 1. The molecule has 1 aromatic heterocycles. The maximum absolute atomic E-state index is 11.0. The van der Waals surface area contributed by atoms with Gasteiger partial charge in [-0.25, -0.2) is 4.98 Å². The van der Waals surface area contributed by atoms with Gasteiger partial charge in [-0.2, -0.15) is 0 Å². The summed E-state index contributed by atoms with van der Waals surface area (Å²) in [5.41, 5.74) is 0.680. The van der Waals surface area contributed by atoms with Gasteiger partial charge in [0.1, 0.15) is 5.82 Å². The second kappa shape index (κ2) is 7.94. The van der Waals surface area contributed by atoms with E-state index in [9.17, 15) is 15.2 Å². The van der Waals surface area contributed by atoms with E-state index in [0.29, 0.717) is 24.5 Å². The van der Waals surface area contributed by atoms with E-state index >= 15 is 0 Å². The maximum atomic E-state index is 11.0. The number of aliphatic hydroxyl groups excluding tert-OH is 1. The molecule has 1 aliphatic heterocycles. The van der Waals surface area contributed by atoms with Crippen molar-refractivity contribution in [2.24, 2.45) is 0 Å². The number of morpholine rings is 1. The summed E-state index contributed by atoms with van der Waals surface area (Å²) in [4.78, 5) is 17.1. The lowest BCUT2D eigenvalue weighted by Crippen LogP contribution is -2.48. The van der Waals surface area contributed by atoms with Crippen molar-refractivity contribution >= 4 is 5.69 Å². The molecule has 3 rings (SSSR count). The summed E-state index contributed by atoms with van der Waals surface area (Å²) >= 11 is 0. The van der Waals surface area contributed by atoms with E-state index in [1.807, 2.05) is 18.4 Å². The van der Waals surface area contributed by atoms with Gasteiger partial charge in [-0.05, 0) is 13.8 Å². The summed E-state index contributed by atoms with van der Waals surface area (Å²) in [6, 6.07) is 6.37. The van der Waals surface area contributed by atoms with Gasteiger partial charge in [0, 0.05) is 49.7 Å². The van der Waals surface area contributed by atoms with Gasteiger partial charge in [0.2, 0.25) is 0 Å². The first kappa shape index (κ1) is 18.5. The molecule has 140 valence electrons. The van der Waals surface area contributed by atoms with Crippen LogP contribution in [0.2, 0.25) is 0 Å². The molecule has 3 atom stereocenters. The third-order valence-electron chi connectivity index (χ3n) is 4.40. The minimum Gasteiger partial charge on any atom is -0.390 e. The highest BCUT2D eigenvalue weighted by molar-refractivity contribution is 5.59. The standard InChI is InChI=1S/C18H24N4O4/c1-13-9-20(10-14(2)26-13)11-17(23)12-21-7-6-19-18(21)15-4-3-5-16(8-15)22(24)25/h3-8,13-14,17,23H,9-12H2,1-2H3/t13-,14+,17-/m1/s1. The summed E-state index contributed by atoms with van der Waals surface area (Å²) in [5.74, 6) is 0.608. The zero-order chi connectivity index (χ0) is 18.7. The maximum Gasteiger partial charge on any atom is 0.270 e. The number of aromatic nitrogens is 2. The first-order valence-electron chi connectivity index (χ1n) is 8.74. The van der Waals surface area contributed by atoms with Crippen LogP contribution in [0.25, 0.3) is 11.4 Å². The zero-order valence-electron chi connectivity index (χ0n) is 15.0. The van der Waals surface area contributed by atoms with Crippen LogP contribution in [0.3, 0.4) is 0 Å². The van der Waals surface area contributed by atoms with Gasteiger partial charge in [-0.3, -0.25) is 15.0 Å². The summed E-state index contributed by atoms with van der Waals surface area (Å²) < 4.78 is 7.55. The second-order valence-electron chi connectivity index (χ2n) is 6.84. The number of hydrogen-bond acceptors (Lipinski definition) is 6. The fourth-order valence-corrected chi connectivity index (χ4v) is 3.49. The normalized spacial score (nSPS) is 22.3. The molecule has 1 aromatic carbocycles. The Bertz CT molecular complexity index is 753. The van der Waals surface area contributed by atoms with Gasteiger partial charge in [-0.1, -0.05) is 12.1 Å². The second-order valence-corrected chi connectivity index (χ2v) is 6.84. The van der Waals surface area contributed by atoms with Crippen molar-refractivity contribution in [2.75, 3.05) is 19.6 Å². The smallest absolute Gasteiger partial charge is 0.270 e. The molecule has 0 spiro atoms. The van der Waals surface area contributed by atoms with Crippen molar-refractivity contribution in [2.45, 2.75) is 38.7 Å². The Hall–Kier alpha value is -2.29. The number of imidazole rings is 1. The Labute approximate surface area is 152 Å². The summed E-state index contributed by atoms with van der Waals surface area (Å²) in [6.45, 7) is 6.57. The third kappa shape index (κ3) is 4.46. The first-order valence-corrected chi connectivity index (χ1v) is 8.74. The molecule has 1 fully saturated rings. The number of β-amino-alcohol motifs (C(OH)–C–C–N with tert-alkyl or cyclic N) is 1. The largest absolute Gasteiger partial charge is 0.390 e. The van der Waals surface area contributed by atoms with Crippen LogP contribution in [-0.2, 0) is 11.3 Å². The molecule has 26 heavy (non-hydrogen) atoms. The molecule has 1 aliphatic rings. The fraction of sp³-hybridized carbons (Fsp3) is 0.500. The SMILES string of the molecule is C[C@@H]1CN(C[C@@H](O)Cn2ccnc2-c2cccc([N+](=O)[O-])c2)C[C@H](C)O1. The molecule has 8 nitrogen and oxygen atoms in total. The average Bonchev–Trinajstić information content (AvgIpc) is 3.01. The monoisotopic (exact) mass is 360 g/mol. The van der Waals surface area contributed by atoms with Crippen LogP contribution in [0.15, 0.2) is 36.7 Å². The van der Waals surface area contributed by atoms with Crippen LogP contribution in [0.5, 0.6) is 0 Å². The van der Waals surface area contributed by atoms with E-state index in [1.54, 1.807) is 24.5 Å². The highest BCUT2D eigenvalue weighted by atomic mass is 16.6. The number of benzene rings is 1. The number of hydrogen-bond donors (Lipinski definition) is 1. The van der Waals surface area contributed by atoms with Crippen LogP contribution < -0.4 is 0 Å². The number of nitrogens with zero attached hydrogens (tertiary/aromatic N) is 4. The molecule has 8 heteroatoms. The molecule has 1 saturated heterocycles. The molecule has 0 radical (unpaired) electrons. The van der Waals surface area contributed by atoms with E-state index in [2.05, 4.69) is 9.88 Å². The van der Waals surface area contributed by atoms with E-state index in [-0.39, 0.29) is 17.9 Å². The topological polar surface area (TPSA) is 93.7 Å². The molecule has 2 heterocycles. The Balaban J connectivity index is 1.69. The van der Waals surface area contributed by atoms with Crippen LogP contribution in [0, 0.1) is 10.1 Å². The van der Waals surface area contributed by atoms with Gasteiger partial charge in [-0.15, -0.1) is 0 Å². The third-order valence-corrected chi connectivity index (χ3v) is 4.40. The Kier molecular flexibility index (Phi) is 5.65. The molecule has 0 bridgehead atoms. The molecular weight excluding hydrogens is 336 g/mol. The van der Waals surface area contributed by atoms with Gasteiger partial charge >= 0.3 is 0 Å². The first-order chi connectivity index (χ1) is 12.4. The summed E-state index contributed by atoms with van der Waals surface area (Å²) in [7, 11) is 0. The summed E-state index contributed by atoms with van der Waals surface area (Å²) in [5, 5.41) is 21.5. The number of nitro groups is 1. The highest BCUT2D eigenvalue weighted by Crippen LogP contribution is 2.23. The Morgan fingerprint density at radius 1 is 1.35 bits per heavy atom. The zero-order valence-corrected chi connectivity index (χ0v) is 15.0. The number of non-ortho nitro benzene ring substituents is 1. The Morgan fingerprint density at radius 3 is 2.77 bits per heavy atom. The van der Waals surface area contributed by atoms with E-state index in [1.165, 1.54) is 12.1 Å². The van der Waals surface area contributed by atoms with Crippen molar-refractivity contribution in [1.82, 2.24) is 14.5 Å². The van der Waals surface area contributed by atoms with E-state index in [0.717, 1.165) is 13.1 Å². The van der Waals surface area contributed by atoms with Gasteiger partial charge < -0.3 is 14.4 Å². The fourth-order valence-electron chi connectivity index (χ4n) is 3.49. The number of rotatable bonds is 6. The molecule has 0 aliphatic carbocycles. The van der Waals surface area contributed by atoms with Crippen molar-refractivity contribution in [3.8, 4) is 11.4 Å². The van der Waals surface area contributed by atoms with Crippen molar-refractivity contribution in [3.05, 3.63) is 46.8 Å². The minimum atomic E-state index is -0.570. The van der Waals surface area contributed by atoms with Crippen molar-refractivity contribution in [1.29, 1.82) is 0 Å². The number of nitro benzene ring substituents is 1. The van der Waals surface area contributed by atoms with Crippen molar-refractivity contribution < 1.29 is 14.8 Å². The Morgan fingerprint density at radius 2 is 2.08 bits per heavy atom. The average molecular weight is 360 g/mol. The number of ether oxygens (including phenoxy) is 1. The van der Waals surface area contributed by atoms with Crippen molar-refractivity contribution in [3.63, 3.8) is 0 Å². The predicted molar refractivity (Wildman–Crippen MR) is 96.8 cm³/mol. The lowest BCUT2D eigenvalue weighted by molar-refractivity contribution is -0.384. The lowest BCUT2D eigenvalue weighted by atomic mass is 10.2. The molecule has 1 N–H and O–H groups in total. The molecular formula is C18H24N4O4. The molecule has 2 aromatic rings. The van der Waals surface area contributed by atoms with Gasteiger partial charge in [0.05, 0.1) is 29.8 Å². The van der Waals surface area contributed by atoms with Crippen LogP contribution >= 0.6 is 0 Å². The van der Waals surface area contributed by atoms with Crippen LogP contribution in [0.1, 0.15) is 13.8 Å². The van der Waals surface area contributed by atoms with Crippen LogP contribution in [0.4, 0.5) is 5.69 Å². The predicted octanol–water partition coefficient (Wildman–Crippen LogP) is 1.93. The quantitative estimate of drug-likeness (QED) is 0.625.